The number of rotatable bonds is 7. The summed E-state index contributed by atoms with van der Waals surface area (Å²) in [4.78, 5) is 28.1. The number of aliphatic hydroxyl groups is 1. The van der Waals surface area contributed by atoms with Gasteiger partial charge in [-0.1, -0.05) is 18.2 Å². The molecule has 2 aromatic rings. The molecule has 0 spiro atoms. The molecular weight excluding hydrogens is 386 g/mol. The van der Waals surface area contributed by atoms with E-state index in [1.807, 2.05) is 45.9 Å². The minimum absolute atomic E-state index is 0.0467. The molecule has 5 nitrogen and oxygen atoms in total. The zero-order valence-corrected chi connectivity index (χ0v) is 17.9. The maximum atomic E-state index is 13.3. The van der Waals surface area contributed by atoms with Crippen molar-refractivity contribution < 1.29 is 19.4 Å². The molecule has 0 unspecified atom stereocenters. The molecule has 1 aliphatic rings. The van der Waals surface area contributed by atoms with Crippen molar-refractivity contribution >= 4 is 34.8 Å². The third kappa shape index (κ3) is 4.54. The Morgan fingerprint density at radius 2 is 1.62 bits per heavy atom. The van der Waals surface area contributed by atoms with Crippen LogP contribution >= 0.6 is 11.8 Å². The van der Waals surface area contributed by atoms with Crippen LogP contribution in [0.25, 0.3) is 5.57 Å². The predicted molar refractivity (Wildman–Crippen MR) is 117 cm³/mol. The van der Waals surface area contributed by atoms with Crippen LogP contribution in [0.5, 0.6) is 5.75 Å². The summed E-state index contributed by atoms with van der Waals surface area (Å²) >= 11 is 1.21. The molecule has 1 N–H and O–H groups in total. The predicted octanol–water partition coefficient (Wildman–Crippen LogP) is 4.10. The van der Waals surface area contributed by atoms with Crippen molar-refractivity contribution in [1.82, 2.24) is 0 Å². The van der Waals surface area contributed by atoms with Gasteiger partial charge in [0.2, 0.25) is 0 Å². The zero-order valence-electron chi connectivity index (χ0n) is 17.1. The maximum Gasteiger partial charge on any atom is 0.272 e. The lowest BCUT2D eigenvalue weighted by Crippen LogP contribution is -2.31. The number of aryl methyl sites for hydroxylation is 2. The Balaban J connectivity index is 2.02. The van der Waals surface area contributed by atoms with E-state index in [1.165, 1.54) is 16.7 Å². The molecule has 0 saturated carbocycles. The molecule has 2 aromatic carbocycles. The van der Waals surface area contributed by atoms with Gasteiger partial charge in [-0.25, -0.2) is 4.90 Å². The molecule has 29 heavy (non-hydrogen) atoms. The van der Waals surface area contributed by atoms with Crippen molar-refractivity contribution in [2.45, 2.75) is 33.8 Å². The number of imide groups is 1. The van der Waals surface area contributed by atoms with Gasteiger partial charge in [-0.3, -0.25) is 9.59 Å². The Kier molecular flexibility index (Phi) is 6.45. The third-order valence-electron chi connectivity index (χ3n) is 4.36. The summed E-state index contributed by atoms with van der Waals surface area (Å²) < 4.78 is 5.67. The van der Waals surface area contributed by atoms with Crippen molar-refractivity contribution in [2.75, 3.05) is 17.3 Å². The summed E-state index contributed by atoms with van der Waals surface area (Å²) in [7, 11) is 0. The van der Waals surface area contributed by atoms with Gasteiger partial charge in [0.25, 0.3) is 11.8 Å². The van der Waals surface area contributed by atoms with E-state index in [4.69, 9.17) is 4.74 Å². The molecule has 6 heteroatoms. The topological polar surface area (TPSA) is 66.8 Å². The van der Waals surface area contributed by atoms with Crippen LogP contribution in [-0.2, 0) is 9.59 Å². The first-order valence-electron chi connectivity index (χ1n) is 9.54. The molecule has 0 saturated heterocycles. The number of nitrogens with zero attached hydrogens (tertiary/aromatic N) is 1. The Morgan fingerprint density at radius 1 is 1.00 bits per heavy atom. The molecule has 2 amide bonds. The van der Waals surface area contributed by atoms with E-state index >= 15 is 0 Å². The van der Waals surface area contributed by atoms with Gasteiger partial charge in [0.05, 0.1) is 28.9 Å². The number of thioether (sulfide) groups is 1. The lowest BCUT2D eigenvalue weighted by Gasteiger charge is -2.17. The van der Waals surface area contributed by atoms with Crippen LogP contribution in [0, 0.1) is 13.8 Å². The second kappa shape index (κ2) is 8.84. The highest BCUT2D eigenvalue weighted by Crippen LogP contribution is 2.39. The van der Waals surface area contributed by atoms with Crippen molar-refractivity contribution in [3.63, 3.8) is 0 Å². The van der Waals surface area contributed by atoms with Crippen LogP contribution in [0.4, 0.5) is 5.69 Å². The fraction of sp³-hybridized carbons (Fsp3) is 0.304. The molecule has 3 rings (SSSR count). The lowest BCUT2D eigenvalue weighted by atomic mass is 10.1. The number of hydrogen-bond acceptors (Lipinski definition) is 5. The van der Waals surface area contributed by atoms with E-state index in [0.29, 0.717) is 33.2 Å². The number of aliphatic hydroxyl groups excluding tert-OH is 1. The van der Waals surface area contributed by atoms with Gasteiger partial charge in [-0.05, 0) is 68.7 Å². The summed E-state index contributed by atoms with van der Waals surface area (Å²) in [5, 5.41) is 9.24. The summed E-state index contributed by atoms with van der Waals surface area (Å²) in [5.41, 5.74) is 3.55. The normalized spacial score (nSPS) is 14.3. The van der Waals surface area contributed by atoms with Gasteiger partial charge >= 0.3 is 0 Å². The molecular formula is C23H25NO4S. The molecule has 0 atom stereocenters. The van der Waals surface area contributed by atoms with Gasteiger partial charge < -0.3 is 9.84 Å². The molecule has 152 valence electrons. The highest BCUT2D eigenvalue weighted by Gasteiger charge is 2.40. The van der Waals surface area contributed by atoms with Crippen LogP contribution in [0.2, 0.25) is 0 Å². The number of benzene rings is 2. The summed E-state index contributed by atoms with van der Waals surface area (Å²) in [6.07, 6.45) is 0.0467. The first-order chi connectivity index (χ1) is 13.8. The Bertz CT molecular complexity index is 943. The minimum atomic E-state index is -0.351. The number of amides is 2. The van der Waals surface area contributed by atoms with Crippen LogP contribution in [0.1, 0.15) is 30.5 Å². The second-order valence-electron chi connectivity index (χ2n) is 7.26. The fourth-order valence-electron chi connectivity index (χ4n) is 3.33. The average Bonchev–Trinajstić information content (AvgIpc) is 2.89. The highest BCUT2D eigenvalue weighted by atomic mass is 32.2. The van der Waals surface area contributed by atoms with E-state index in [1.54, 1.807) is 24.3 Å². The van der Waals surface area contributed by atoms with E-state index in [-0.39, 0.29) is 24.5 Å². The molecule has 1 heterocycles. The molecule has 0 aromatic heterocycles. The fourth-order valence-corrected chi connectivity index (χ4v) is 4.19. The zero-order chi connectivity index (χ0) is 21.1. The van der Waals surface area contributed by atoms with Crippen molar-refractivity contribution in [3.05, 3.63) is 64.1 Å². The second-order valence-corrected chi connectivity index (χ2v) is 8.36. The number of ether oxygens (including phenoxy) is 1. The highest BCUT2D eigenvalue weighted by molar-refractivity contribution is 8.04. The van der Waals surface area contributed by atoms with Gasteiger partial charge in [0.15, 0.2) is 0 Å². The Hall–Kier alpha value is -2.57. The molecule has 0 aliphatic carbocycles. The largest absolute Gasteiger partial charge is 0.491 e. The molecule has 0 bridgehead atoms. The van der Waals surface area contributed by atoms with Crippen LogP contribution in [0.3, 0.4) is 0 Å². The third-order valence-corrected chi connectivity index (χ3v) is 5.41. The van der Waals surface area contributed by atoms with Crippen molar-refractivity contribution in [2.24, 2.45) is 0 Å². The van der Waals surface area contributed by atoms with E-state index in [2.05, 4.69) is 0 Å². The van der Waals surface area contributed by atoms with Crippen LogP contribution < -0.4 is 9.64 Å². The standard InChI is InChI=1S/C23H25NO4S/c1-14(2)28-19-7-5-17(6-8-19)20-21(29-10-9-25)23(27)24(22(20)26)18-12-15(3)11-16(4)13-18/h5-8,11-14,25H,9-10H2,1-4H3. The van der Waals surface area contributed by atoms with Crippen molar-refractivity contribution in [1.29, 1.82) is 0 Å². The van der Waals surface area contributed by atoms with Gasteiger partial charge in [-0.15, -0.1) is 11.8 Å². The van der Waals surface area contributed by atoms with Gasteiger partial charge in [-0.2, -0.15) is 0 Å². The number of hydrogen-bond donors (Lipinski definition) is 1. The van der Waals surface area contributed by atoms with Gasteiger partial charge in [0, 0.05) is 5.75 Å². The molecule has 0 fully saturated rings. The first-order valence-corrected chi connectivity index (χ1v) is 10.5. The number of carbonyl (C=O) groups is 2. The molecule has 0 radical (unpaired) electrons. The average molecular weight is 412 g/mol. The van der Waals surface area contributed by atoms with Crippen LogP contribution in [-0.4, -0.2) is 35.4 Å². The smallest absolute Gasteiger partial charge is 0.272 e. The van der Waals surface area contributed by atoms with Crippen LogP contribution in [0.15, 0.2) is 47.4 Å². The Labute approximate surface area is 175 Å². The van der Waals surface area contributed by atoms with E-state index < -0.39 is 0 Å². The van der Waals surface area contributed by atoms with Gasteiger partial charge in [0.1, 0.15) is 5.75 Å². The first kappa shape index (κ1) is 21.1. The summed E-state index contributed by atoms with van der Waals surface area (Å²) in [6.45, 7) is 7.69. The number of anilines is 1. The van der Waals surface area contributed by atoms with E-state index in [0.717, 1.165) is 11.1 Å². The monoisotopic (exact) mass is 411 g/mol. The Morgan fingerprint density at radius 3 is 2.17 bits per heavy atom. The SMILES string of the molecule is Cc1cc(C)cc(N2C(=O)C(SCCO)=C(c3ccc(OC(C)C)cc3)C2=O)c1. The minimum Gasteiger partial charge on any atom is -0.491 e. The molecule has 1 aliphatic heterocycles. The quantitative estimate of drug-likeness (QED) is 0.695. The van der Waals surface area contributed by atoms with E-state index in [9.17, 15) is 14.7 Å². The van der Waals surface area contributed by atoms with Crippen molar-refractivity contribution in [3.8, 4) is 5.75 Å². The summed E-state index contributed by atoms with van der Waals surface area (Å²) in [6, 6.07) is 12.9. The maximum absolute atomic E-state index is 13.3. The lowest BCUT2D eigenvalue weighted by molar-refractivity contribution is -0.119. The number of carbonyl (C=O) groups excluding carboxylic acids is 2. The summed E-state index contributed by atoms with van der Waals surface area (Å²) in [5.74, 6) is 0.346.